The minimum absolute atomic E-state index is 0.0148. The van der Waals surface area contributed by atoms with Gasteiger partial charge in [0.05, 0.1) is 6.10 Å². The van der Waals surface area contributed by atoms with Crippen molar-refractivity contribution in [2.45, 2.75) is 89.8 Å². The van der Waals surface area contributed by atoms with Crippen molar-refractivity contribution in [3.63, 3.8) is 0 Å². The van der Waals surface area contributed by atoms with Crippen LogP contribution in [0.5, 0.6) is 0 Å². The molecule has 7 nitrogen and oxygen atoms in total. The average molecular weight is 509 g/mol. The van der Waals surface area contributed by atoms with Gasteiger partial charge in [-0.15, -0.1) is 0 Å². The number of hydrogen-bond donors (Lipinski definition) is 1. The minimum atomic E-state index is -2.30. The Morgan fingerprint density at radius 3 is 2.56 bits per heavy atom. The van der Waals surface area contributed by atoms with Crippen molar-refractivity contribution in [3.8, 4) is 0 Å². The number of Topliss-reactive ketones (excluding diaryl/α,β-unsaturated/α-hetero) is 1. The van der Waals surface area contributed by atoms with Crippen molar-refractivity contribution in [2.24, 2.45) is 22.7 Å². The first kappa shape index (κ1) is 26.6. The first-order valence-corrected chi connectivity index (χ1v) is 12.6. The largest absolute Gasteiger partial charge is 0.458 e. The van der Waals surface area contributed by atoms with E-state index in [1.165, 1.54) is 19.1 Å². The molecular weight excluding hydrogens is 474 g/mol. The second kappa shape index (κ2) is 8.85. The molecule has 0 amide bonds. The summed E-state index contributed by atoms with van der Waals surface area (Å²) in [6.45, 7) is 5.50. The highest BCUT2D eigenvalue weighted by molar-refractivity contribution is 6.01. The first-order chi connectivity index (χ1) is 16.8. The number of halogens is 2. The van der Waals surface area contributed by atoms with Gasteiger partial charge in [-0.05, 0) is 62.7 Å². The fraction of sp³-hybridized carbons (Fsp3) is 0.704. The minimum Gasteiger partial charge on any atom is -0.458 e. The van der Waals surface area contributed by atoms with Gasteiger partial charge in [0.25, 0.3) is 0 Å². The third kappa shape index (κ3) is 3.52. The average Bonchev–Trinajstić information content (AvgIpc) is 3.08. The van der Waals surface area contributed by atoms with Crippen molar-refractivity contribution in [1.29, 1.82) is 0 Å². The molecule has 4 aliphatic rings. The van der Waals surface area contributed by atoms with Gasteiger partial charge in [-0.2, -0.15) is 0 Å². The number of aliphatic hydroxyl groups excluding tert-OH is 1. The maximum absolute atomic E-state index is 17.2. The summed E-state index contributed by atoms with van der Waals surface area (Å²) >= 11 is 0. The SMILES string of the molecule is CCCC(=O)O[C@@]1(C(=O)COC(C)=O)CC[C@@H]2[C@H]3C[C@H](F)C4=CC(=O)C=C[C@]4(C)[C@]3(F)[C@@H](O)C[C@]21C. The lowest BCUT2D eigenvalue weighted by atomic mass is 9.44. The quantitative estimate of drug-likeness (QED) is 0.547. The van der Waals surface area contributed by atoms with Crippen LogP contribution in [0.4, 0.5) is 8.78 Å². The molecule has 0 aromatic rings. The molecule has 0 aromatic heterocycles. The van der Waals surface area contributed by atoms with Crippen LogP contribution in [0.25, 0.3) is 0 Å². The molecule has 4 aliphatic carbocycles. The molecule has 0 aromatic carbocycles. The molecular formula is C27H34F2O7. The number of carbonyl (C=O) groups excluding carboxylic acids is 4. The fourth-order valence-corrected chi connectivity index (χ4v) is 7.61. The monoisotopic (exact) mass is 508 g/mol. The number of allylic oxidation sites excluding steroid dienone is 4. The molecule has 3 fully saturated rings. The van der Waals surface area contributed by atoms with E-state index in [1.54, 1.807) is 13.8 Å². The number of fused-ring (bicyclic) bond motifs is 5. The summed E-state index contributed by atoms with van der Waals surface area (Å²) in [5.74, 6) is -3.96. The predicted octanol–water partition coefficient (Wildman–Crippen LogP) is 3.52. The van der Waals surface area contributed by atoms with Crippen LogP contribution in [-0.2, 0) is 28.7 Å². The van der Waals surface area contributed by atoms with E-state index in [2.05, 4.69) is 0 Å². The molecule has 3 saturated carbocycles. The Bertz CT molecular complexity index is 1050. The van der Waals surface area contributed by atoms with E-state index in [1.807, 2.05) is 0 Å². The number of ketones is 2. The number of aliphatic hydroxyl groups is 1. The van der Waals surface area contributed by atoms with E-state index >= 15 is 8.78 Å². The Morgan fingerprint density at radius 2 is 1.92 bits per heavy atom. The lowest BCUT2D eigenvalue weighted by molar-refractivity contribution is -0.229. The third-order valence-corrected chi connectivity index (χ3v) is 9.35. The topological polar surface area (TPSA) is 107 Å². The molecule has 4 rings (SSSR count). The molecule has 1 N–H and O–H groups in total. The number of alkyl halides is 2. The molecule has 0 radical (unpaired) electrons. The lowest BCUT2D eigenvalue weighted by Crippen LogP contribution is -2.70. The van der Waals surface area contributed by atoms with Crippen molar-refractivity contribution < 1.29 is 42.5 Å². The van der Waals surface area contributed by atoms with Gasteiger partial charge < -0.3 is 14.6 Å². The second-order valence-electron chi connectivity index (χ2n) is 11.2. The summed E-state index contributed by atoms with van der Waals surface area (Å²) < 4.78 is 43.6. The Labute approximate surface area is 209 Å². The summed E-state index contributed by atoms with van der Waals surface area (Å²) in [6.07, 6.45) is 0.783. The predicted molar refractivity (Wildman–Crippen MR) is 124 cm³/mol. The molecule has 0 unspecified atom stereocenters. The Morgan fingerprint density at radius 1 is 1.22 bits per heavy atom. The molecule has 0 heterocycles. The van der Waals surface area contributed by atoms with Gasteiger partial charge in [0.1, 0.15) is 6.17 Å². The highest BCUT2D eigenvalue weighted by atomic mass is 19.1. The molecule has 9 heteroatoms. The summed E-state index contributed by atoms with van der Waals surface area (Å²) in [4.78, 5) is 49.6. The summed E-state index contributed by atoms with van der Waals surface area (Å²) in [5.41, 5.74) is -6.80. The van der Waals surface area contributed by atoms with Crippen LogP contribution in [0.1, 0.15) is 66.2 Å². The molecule has 8 atom stereocenters. The van der Waals surface area contributed by atoms with Crippen LogP contribution in [-0.4, -0.2) is 58.8 Å². The standard InChI is InChI=1S/C27H34F2O7/c1-5-6-23(34)36-26(22(33)14-35-15(2)30)10-8-17-18-12-20(28)19-11-16(31)7-9-24(19,3)27(18,29)21(32)13-25(17,26)4/h7,9,11,17-18,20-21,32H,5-6,8,10,12-14H2,1-4H3/t17-,18-,20+,21+,24+,25-,26-,27-/m1/s1. The van der Waals surface area contributed by atoms with Gasteiger partial charge in [0, 0.05) is 30.1 Å². The van der Waals surface area contributed by atoms with E-state index in [4.69, 9.17) is 9.47 Å². The number of esters is 2. The van der Waals surface area contributed by atoms with E-state index in [-0.39, 0.29) is 37.7 Å². The lowest BCUT2D eigenvalue weighted by Gasteiger charge is -2.63. The normalized spacial score (nSPS) is 43.1. The number of carbonyl (C=O) groups is 4. The van der Waals surface area contributed by atoms with Crippen LogP contribution in [0.15, 0.2) is 23.8 Å². The van der Waals surface area contributed by atoms with Gasteiger partial charge >= 0.3 is 11.9 Å². The summed E-state index contributed by atoms with van der Waals surface area (Å²) in [7, 11) is 0. The molecule has 0 bridgehead atoms. The van der Waals surface area contributed by atoms with Crippen LogP contribution in [0, 0.1) is 22.7 Å². The van der Waals surface area contributed by atoms with Crippen LogP contribution in [0.3, 0.4) is 0 Å². The van der Waals surface area contributed by atoms with Gasteiger partial charge in [-0.1, -0.05) is 19.9 Å². The van der Waals surface area contributed by atoms with Gasteiger partial charge in [0.2, 0.25) is 5.78 Å². The number of hydrogen-bond acceptors (Lipinski definition) is 7. The zero-order valence-electron chi connectivity index (χ0n) is 21.1. The smallest absolute Gasteiger partial charge is 0.306 e. The van der Waals surface area contributed by atoms with Crippen molar-refractivity contribution >= 4 is 23.5 Å². The Balaban J connectivity index is 1.80. The van der Waals surface area contributed by atoms with Crippen LogP contribution in [0.2, 0.25) is 0 Å². The molecule has 198 valence electrons. The highest BCUT2D eigenvalue weighted by Gasteiger charge is 2.76. The first-order valence-electron chi connectivity index (χ1n) is 12.6. The van der Waals surface area contributed by atoms with Crippen molar-refractivity contribution in [3.05, 3.63) is 23.8 Å². The molecule has 0 spiro atoms. The van der Waals surface area contributed by atoms with Crippen molar-refractivity contribution in [2.75, 3.05) is 6.61 Å². The van der Waals surface area contributed by atoms with Gasteiger partial charge in [-0.25, -0.2) is 8.78 Å². The maximum atomic E-state index is 17.2. The van der Waals surface area contributed by atoms with Crippen LogP contribution < -0.4 is 0 Å². The fourth-order valence-electron chi connectivity index (χ4n) is 7.61. The van der Waals surface area contributed by atoms with Crippen molar-refractivity contribution in [1.82, 2.24) is 0 Å². The van der Waals surface area contributed by atoms with E-state index in [9.17, 15) is 24.3 Å². The summed E-state index contributed by atoms with van der Waals surface area (Å²) in [5, 5.41) is 11.4. The zero-order chi connectivity index (χ0) is 26.7. The van der Waals surface area contributed by atoms with E-state index < -0.39 is 76.3 Å². The zero-order valence-corrected chi connectivity index (χ0v) is 21.1. The Kier molecular flexibility index (Phi) is 6.55. The highest BCUT2D eigenvalue weighted by Crippen LogP contribution is 2.70. The third-order valence-electron chi connectivity index (χ3n) is 9.35. The second-order valence-corrected chi connectivity index (χ2v) is 11.2. The van der Waals surface area contributed by atoms with Crippen LogP contribution >= 0.6 is 0 Å². The Hall–Kier alpha value is -2.42. The number of rotatable bonds is 6. The molecule has 36 heavy (non-hydrogen) atoms. The van der Waals surface area contributed by atoms with E-state index in [0.717, 1.165) is 13.0 Å². The maximum Gasteiger partial charge on any atom is 0.306 e. The van der Waals surface area contributed by atoms with Gasteiger partial charge in [0.15, 0.2) is 23.7 Å². The summed E-state index contributed by atoms with van der Waals surface area (Å²) in [6, 6.07) is 0. The van der Waals surface area contributed by atoms with Gasteiger partial charge in [-0.3, -0.25) is 19.2 Å². The van der Waals surface area contributed by atoms with E-state index in [0.29, 0.717) is 6.42 Å². The molecule has 0 aliphatic heterocycles. The molecule has 0 saturated heterocycles. The number of ether oxygens (including phenoxy) is 2.